The van der Waals surface area contributed by atoms with Gasteiger partial charge in [0.1, 0.15) is 11.8 Å². The molecule has 1 N–H and O–H groups in total. The Hall–Kier alpha value is -2.08. The molecule has 0 radical (unpaired) electrons. The summed E-state index contributed by atoms with van der Waals surface area (Å²) in [5.74, 6) is -0.0469. The van der Waals surface area contributed by atoms with E-state index in [9.17, 15) is 14.7 Å². The topological polar surface area (TPSA) is 70.1 Å². The fourth-order valence-corrected chi connectivity index (χ4v) is 3.11. The zero-order chi connectivity index (χ0) is 18.0. The van der Waals surface area contributed by atoms with Crippen molar-refractivity contribution in [3.8, 4) is 5.75 Å². The smallest absolute Gasteiger partial charge is 0.320 e. The van der Waals surface area contributed by atoms with Crippen molar-refractivity contribution in [2.24, 2.45) is 0 Å². The molecule has 0 saturated heterocycles. The minimum absolute atomic E-state index is 0.0262. The zero-order valence-electron chi connectivity index (χ0n) is 14.9. The monoisotopic (exact) mass is 346 g/mol. The van der Waals surface area contributed by atoms with Crippen molar-refractivity contribution >= 4 is 11.9 Å². The highest BCUT2D eigenvalue weighted by atomic mass is 16.5. The maximum absolute atomic E-state index is 12.9. The maximum Gasteiger partial charge on any atom is 0.320 e. The standard InChI is InChI=1S/C19H26N2O4/c1-13(19(23)24)20(15-5-6-15)12-18(22)21(16-7-8-16)11-14-3-9-17(25-2)10-4-14/h3-4,9-10,13,15-16H,5-8,11-12H2,1-2H3,(H,23,24). The van der Waals surface area contributed by atoms with Crippen molar-refractivity contribution in [1.29, 1.82) is 0 Å². The molecule has 0 bridgehead atoms. The number of rotatable bonds is 9. The lowest BCUT2D eigenvalue weighted by Crippen LogP contribution is -2.47. The van der Waals surface area contributed by atoms with E-state index in [0.717, 1.165) is 37.0 Å². The first-order chi connectivity index (χ1) is 12.0. The lowest BCUT2D eigenvalue weighted by Gasteiger charge is -2.30. The first kappa shape index (κ1) is 17.7. The Labute approximate surface area is 148 Å². The van der Waals surface area contributed by atoms with E-state index in [0.29, 0.717) is 6.54 Å². The summed E-state index contributed by atoms with van der Waals surface area (Å²) >= 11 is 0. The number of carboxylic acid groups (broad SMARTS) is 1. The molecule has 0 aromatic heterocycles. The highest BCUT2D eigenvalue weighted by Crippen LogP contribution is 2.31. The van der Waals surface area contributed by atoms with Gasteiger partial charge in [0.15, 0.2) is 0 Å². The fourth-order valence-electron chi connectivity index (χ4n) is 3.11. The third-order valence-electron chi connectivity index (χ3n) is 5.01. The Morgan fingerprint density at radius 1 is 1.16 bits per heavy atom. The average Bonchev–Trinajstić information content (AvgIpc) is 3.49. The fraction of sp³-hybridized carbons (Fsp3) is 0.579. The van der Waals surface area contributed by atoms with Crippen molar-refractivity contribution < 1.29 is 19.4 Å². The van der Waals surface area contributed by atoms with Crippen molar-refractivity contribution in [3.63, 3.8) is 0 Å². The number of ether oxygens (including phenoxy) is 1. The van der Waals surface area contributed by atoms with E-state index < -0.39 is 12.0 Å². The van der Waals surface area contributed by atoms with E-state index in [1.54, 1.807) is 14.0 Å². The first-order valence-electron chi connectivity index (χ1n) is 8.90. The predicted octanol–water partition coefficient (Wildman–Crippen LogP) is 2.12. The summed E-state index contributed by atoms with van der Waals surface area (Å²) in [7, 11) is 1.63. The average molecular weight is 346 g/mol. The third-order valence-corrected chi connectivity index (χ3v) is 5.01. The summed E-state index contributed by atoms with van der Waals surface area (Å²) in [5, 5.41) is 9.31. The Morgan fingerprint density at radius 2 is 1.76 bits per heavy atom. The first-order valence-corrected chi connectivity index (χ1v) is 8.90. The molecule has 0 aliphatic heterocycles. The van der Waals surface area contributed by atoms with Crippen LogP contribution < -0.4 is 4.74 Å². The predicted molar refractivity (Wildman–Crippen MR) is 93.4 cm³/mol. The summed E-state index contributed by atoms with van der Waals surface area (Å²) in [4.78, 5) is 28.0. The number of hydrogen-bond acceptors (Lipinski definition) is 4. The summed E-state index contributed by atoms with van der Waals surface area (Å²) in [6.45, 7) is 2.41. The lowest BCUT2D eigenvalue weighted by atomic mass is 10.2. The van der Waals surface area contributed by atoms with Crippen LogP contribution in [-0.4, -0.2) is 58.6 Å². The highest BCUT2D eigenvalue weighted by Gasteiger charge is 2.39. The molecule has 2 aliphatic carbocycles. The molecule has 136 valence electrons. The minimum Gasteiger partial charge on any atom is -0.497 e. The molecule has 6 nitrogen and oxygen atoms in total. The van der Waals surface area contributed by atoms with Gasteiger partial charge in [-0.2, -0.15) is 0 Å². The van der Waals surface area contributed by atoms with Crippen LogP contribution in [0, 0.1) is 0 Å². The maximum atomic E-state index is 12.9. The summed E-state index contributed by atoms with van der Waals surface area (Å²) in [6.07, 6.45) is 4.01. The zero-order valence-corrected chi connectivity index (χ0v) is 14.9. The van der Waals surface area contributed by atoms with Crippen LogP contribution in [0.1, 0.15) is 38.2 Å². The Kier molecular flexibility index (Phi) is 5.27. The highest BCUT2D eigenvalue weighted by molar-refractivity contribution is 5.80. The van der Waals surface area contributed by atoms with E-state index in [4.69, 9.17) is 4.74 Å². The quantitative estimate of drug-likeness (QED) is 0.742. The molecule has 2 fully saturated rings. The molecule has 0 spiro atoms. The number of benzene rings is 1. The van der Waals surface area contributed by atoms with Gasteiger partial charge in [0, 0.05) is 18.6 Å². The SMILES string of the molecule is COc1ccc(CN(C(=O)CN(C2CC2)C(C)C(=O)O)C2CC2)cc1. The Bertz CT molecular complexity index is 623. The van der Waals surface area contributed by atoms with Gasteiger partial charge in [-0.25, -0.2) is 0 Å². The Morgan fingerprint density at radius 3 is 2.24 bits per heavy atom. The van der Waals surface area contributed by atoms with Gasteiger partial charge in [-0.1, -0.05) is 12.1 Å². The van der Waals surface area contributed by atoms with E-state index >= 15 is 0 Å². The van der Waals surface area contributed by atoms with Gasteiger partial charge in [0.05, 0.1) is 13.7 Å². The molecular formula is C19H26N2O4. The number of methoxy groups -OCH3 is 1. The molecule has 1 unspecified atom stereocenters. The Balaban J connectivity index is 1.66. The van der Waals surface area contributed by atoms with E-state index in [1.165, 1.54) is 0 Å². The lowest BCUT2D eigenvalue weighted by molar-refractivity contribution is -0.144. The van der Waals surface area contributed by atoms with Crippen LogP contribution >= 0.6 is 0 Å². The molecule has 25 heavy (non-hydrogen) atoms. The molecule has 1 amide bonds. The molecule has 1 aromatic carbocycles. The number of nitrogens with zero attached hydrogens (tertiary/aromatic N) is 2. The summed E-state index contributed by atoms with van der Waals surface area (Å²) in [5.41, 5.74) is 1.06. The van der Waals surface area contributed by atoms with Gasteiger partial charge in [-0.05, 0) is 50.3 Å². The second kappa shape index (κ2) is 7.44. The van der Waals surface area contributed by atoms with Gasteiger partial charge >= 0.3 is 5.97 Å². The van der Waals surface area contributed by atoms with Gasteiger partial charge in [0.2, 0.25) is 5.91 Å². The number of carbonyl (C=O) groups is 2. The van der Waals surface area contributed by atoms with Gasteiger partial charge in [-0.15, -0.1) is 0 Å². The van der Waals surface area contributed by atoms with Crippen LogP contribution in [0.4, 0.5) is 0 Å². The van der Waals surface area contributed by atoms with Crippen molar-refractivity contribution in [3.05, 3.63) is 29.8 Å². The number of aliphatic carboxylic acids is 1. The molecule has 3 rings (SSSR count). The third kappa shape index (κ3) is 4.51. The molecular weight excluding hydrogens is 320 g/mol. The van der Waals surface area contributed by atoms with Crippen LogP contribution in [0.5, 0.6) is 5.75 Å². The van der Waals surface area contributed by atoms with E-state index in [-0.39, 0.29) is 24.5 Å². The van der Waals surface area contributed by atoms with E-state index in [1.807, 2.05) is 34.1 Å². The summed E-state index contributed by atoms with van der Waals surface area (Å²) < 4.78 is 5.17. The van der Waals surface area contributed by atoms with Crippen molar-refractivity contribution in [1.82, 2.24) is 9.80 Å². The van der Waals surface area contributed by atoms with Crippen LogP contribution in [-0.2, 0) is 16.1 Å². The van der Waals surface area contributed by atoms with Crippen LogP contribution in [0.2, 0.25) is 0 Å². The second-order valence-corrected chi connectivity index (χ2v) is 7.02. The molecule has 2 aliphatic rings. The van der Waals surface area contributed by atoms with Crippen molar-refractivity contribution in [2.45, 2.75) is 57.3 Å². The number of amides is 1. The van der Waals surface area contributed by atoms with Crippen LogP contribution in [0.3, 0.4) is 0 Å². The number of carbonyl (C=O) groups excluding carboxylic acids is 1. The molecule has 0 heterocycles. The minimum atomic E-state index is -0.868. The second-order valence-electron chi connectivity index (χ2n) is 7.02. The molecule has 6 heteroatoms. The molecule has 1 atom stereocenters. The summed E-state index contributed by atoms with van der Waals surface area (Å²) in [6, 6.07) is 7.63. The normalized spacial score (nSPS) is 18.0. The van der Waals surface area contributed by atoms with Crippen LogP contribution in [0.15, 0.2) is 24.3 Å². The molecule has 1 aromatic rings. The number of hydrogen-bond donors (Lipinski definition) is 1. The van der Waals surface area contributed by atoms with Gasteiger partial charge in [0.25, 0.3) is 0 Å². The van der Waals surface area contributed by atoms with Gasteiger partial charge in [-0.3, -0.25) is 14.5 Å². The van der Waals surface area contributed by atoms with Gasteiger partial charge < -0.3 is 14.7 Å². The van der Waals surface area contributed by atoms with Crippen molar-refractivity contribution in [2.75, 3.05) is 13.7 Å². The largest absolute Gasteiger partial charge is 0.497 e. The molecule has 2 saturated carbocycles. The van der Waals surface area contributed by atoms with E-state index in [2.05, 4.69) is 0 Å². The van der Waals surface area contributed by atoms with Crippen LogP contribution in [0.25, 0.3) is 0 Å². The number of carboxylic acids is 1.